The van der Waals surface area contributed by atoms with Crippen molar-refractivity contribution in [3.05, 3.63) is 93.2 Å². The lowest BCUT2D eigenvalue weighted by molar-refractivity contribution is -0.137. The van der Waals surface area contributed by atoms with Gasteiger partial charge in [-0.25, -0.2) is 0 Å². The predicted octanol–water partition coefficient (Wildman–Crippen LogP) is 5.12. The van der Waals surface area contributed by atoms with E-state index in [1.165, 1.54) is 26.4 Å². The lowest BCUT2D eigenvalue weighted by atomic mass is 10.0. The minimum atomic E-state index is -0.750. The van der Waals surface area contributed by atoms with Crippen molar-refractivity contribution in [2.24, 2.45) is 0 Å². The van der Waals surface area contributed by atoms with Crippen LogP contribution in [0.3, 0.4) is 0 Å². The molecule has 1 N–H and O–H groups in total. The summed E-state index contributed by atoms with van der Waals surface area (Å²) in [7, 11) is 0. The highest BCUT2D eigenvalue weighted by Gasteiger charge is 2.11. The van der Waals surface area contributed by atoms with Gasteiger partial charge in [0.15, 0.2) is 0 Å². The first-order chi connectivity index (χ1) is 13.1. The van der Waals surface area contributed by atoms with Crippen LogP contribution in [-0.4, -0.2) is 22.5 Å². The quantitative estimate of drug-likeness (QED) is 0.561. The summed E-state index contributed by atoms with van der Waals surface area (Å²) in [6.45, 7) is 4.19. The molecule has 140 valence electrons. The molecule has 1 heterocycles. The maximum Gasteiger partial charge on any atom is 0.304 e. The molecule has 0 fully saturated rings. The summed E-state index contributed by atoms with van der Waals surface area (Å²) in [5.74, 6) is -0.750. The average molecular weight is 380 g/mol. The van der Waals surface area contributed by atoms with Gasteiger partial charge in [-0.05, 0) is 42.2 Å². The summed E-state index contributed by atoms with van der Waals surface area (Å²) >= 11 is 1.78. The monoisotopic (exact) mass is 379 g/mol. The Labute approximate surface area is 164 Å². The van der Waals surface area contributed by atoms with Crippen LogP contribution in [0.4, 0.5) is 0 Å². The number of thiophene rings is 1. The first-order valence-corrected chi connectivity index (χ1v) is 10.0. The van der Waals surface area contributed by atoms with Crippen molar-refractivity contribution in [1.82, 2.24) is 4.90 Å². The van der Waals surface area contributed by atoms with Gasteiger partial charge in [0.1, 0.15) is 0 Å². The second kappa shape index (κ2) is 9.49. The largest absolute Gasteiger partial charge is 0.481 e. The van der Waals surface area contributed by atoms with E-state index in [0.717, 1.165) is 19.5 Å². The SMILES string of the molecule is Cc1ccc(CN(CCC(=O)O)Cc2cccc(Cc3ccccc3)c2)s1. The van der Waals surface area contributed by atoms with E-state index in [1.807, 2.05) is 6.07 Å². The molecule has 0 amide bonds. The van der Waals surface area contributed by atoms with Crippen LogP contribution in [-0.2, 0) is 24.3 Å². The molecule has 0 aliphatic carbocycles. The number of nitrogens with zero attached hydrogens (tertiary/aromatic N) is 1. The molecule has 27 heavy (non-hydrogen) atoms. The van der Waals surface area contributed by atoms with Crippen molar-refractivity contribution in [3.8, 4) is 0 Å². The van der Waals surface area contributed by atoms with E-state index >= 15 is 0 Å². The number of aliphatic carboxylic acids is 1. The first kappa shape index (κ1) is 19.3. The number of benzene rings is 2. The van der Waals surface area contributed by atoms with E-state index < -0.39 is 5.97 Å². The molecular weight excluding hydrogens is 354 g/mol. The van der Waals surface area contributed by atoms with Gasteiger partial charge in [0, 0.05) is 29.4 Å². The summed E-state index contributed by atoms with van der Waals surface area (Å²) < 4.78 is 0. The van der Waals surface area contributed by atoms with E-state index in [-0.39, 0.29) is 6.42 Å². The van der Waals surface area contributed by atoms with Gasteiger partial charge in [0.05, 0.1) is 6.42 Å². The van der Waals surface area contributed by atoms with Gasteiger partial charge in [-0.2, -0.15) is 0 Å². The molecule has 0 bridgehead atoms. The van der Waals surface area contributed by atoms with Crippen molar-refractivity contribution in [2.75, 3.05) is 6.54 Å². The van der Waals surface area contributed by atoms with Gasteiger partial charge in [-0.3, -0.25) is 9.69 Å². The molecule has 3 aromatic rings. The van der Waals surface area contributed by atoms with Gasteiger partial charge >= 0.3 is 5.97 Å². The third kappa shape index (κ3) is 6.35. The lowest BCUT2D eigenvalue weighted by Crippen LogP contribution is -2.25. The smallest absolute Gasteiger partial charge is 0.304 e. The summed E-state index contributed by atoms with van der Waals surface area (Å²) in [5.41, 5.74) is 3.80. The highest BCUT2D eigenvalue weighted by Crippen LogP contribution is 2.19. The first-order valence-electron chi connectivity index (χ1n) is 9.20. The Balaban J connectivity index is 1.70. The molecule has 0 aliphatic heterocycles. The van der Waals surface area contributed by atoms with Crippen LogP contribution in [0.5, 0.6) is 0 Å². The number of rotatable bonds is 9. The molecule has 0 spiro atoms. The van der Waals surface area contributed by atoms with Crippen LogP contribution >= 0.6 is 11.3 Å². The van der Waals surface area contributed by atoms with Crippen LogP contribution in [0.15, 0.2) is 66.7 Å². The zero-order chi connectivity index (χ0) is 19.1. The van der Waals surface area contributed by atoms with Crippen molar-refractivity contribution in [2.45, 2.75) is 32.9 Å². The van der Waals surface area contributed by atoms with Gasteiger partial charge in [0.2, 0.25) is 0 Å². The van der Waals surface area contributed by atoms with E-state index in [0.29, 0.717) is 6.54 Å². The van der Waals surface area contributed by atoms with Crippen molar-refractivity contribution < 1.29 is 9.90 Å². The lowest BCUT2D eigenvalue weighted by Gasteiger charge is -2.21. The predicted molar refractivity (Wildman–Crippen MR) is 111 cm³/mol. The second-order valence-electron chi connectivity index (χ2n) is 6.85. The molecule has 4 heteroatoms. The second-order valence-corrected chi connectivity index (χ2v) is 8.22. The molecule has 3 rings (SSSR count). The summed E-state index contributed by atoms with van der Waals surface area (Å²) in [5, 5.41) is 9.08. The Kier molecular flexibility index (Phi) is 6.80. The minimum Gasteiger partial charge on any atom is -0.481 e. The highest BCUT2D eigenvalue weighted by atomic mass is 32.1. The van der Waals surface area contributed by atoms with Gasteiger partial charge < -0.3 is 5.11 Å². The van der Waals surface area contributed by atoms with Gasteiger partial charge in [-0.1, -0.05) is 54.6 Å². The normalized spacial score (nSPS) is 11.0. The number of aryl methyl sites for hydroxylation is 1. The fourth-order valence-corrected chi connectivity index (χ4v) is 4.12. The van der Waals surface area contributed by atoms with Crippen LogP contribution in [0.2, 0.25) is 0 Å². The summed E-state index contributed by atoms with van der Waals surface area (Å²) in [4.78, 5) is 15.8. The maximum absolute atomic E-state index is 11.0. The number of carboxylic acids is 1. The zero-order valence-corrected chi connectivity index (χ0v) is 16.4. The standard InChI is InChI=1S/C23H25NO2S/c1-18-10-11-22(27-18)17-24(13-12-23(25)26)16-21-9-5-8-20(15-21)14-19-6-3-2-4-7-19/h2-11,15H,12-14,16-17H2,1H3,(H,25,26). The fraction of sp³-hybridized carbons (Fsp3) is 0.261. The van der Waals surface area contributed by atoms with E-state index in [2.05, 4.69) is 72.5 Å². The summed E-state index contributed by atoms with van der Waals surface area (Å²) in [6.07, 6.45) is 1.07. The Morgan fingerprint density at radius 1 is 0.926 bits per heavy atom. The van der Waals surface area contributed by atoms with Crippen molar-refractivity contribution >= 4 is 17.3 Å². The molecule has 0 aliphatic rings. The van der Waals surface area contributed by atoms with Crippen LogP contribution in [0, 0.1) is 6.92 Å². The Bertz CT molecular complexity index is 873. The number of hydrogen-bond donors (Lipinski definition) is 1. The van der Waals surface area contributed by atoms with E-state index in [1.54, 1.807) is 11.3 Å². The third-order valence-electron chi connectivity index (χ3n) is 4.47. The molecule has 0 saturated heterocycles. The van der Waals surface area contributed by atoms with Crippen molar-refractivity contribution in [3.63, 3.8) is 0 Å². The minimum absolute atomic E-state index is 0.161. The molecule has 3 nitrogen and oxygen atoms in total. The zero-order valence-electron chi connectivity index (χ0n) is 15.6. The molecule has 0 saturated carbocycles. The van der Waals surface area contributed by atoms with Gasteiger partial charge in [0.25, 0.3) is 0 Å². The molecule has 1 aromatic heterocycles. The van der Waals surface area contributed by atoms with Crippen LogP contribution in [0.1, 0.15) is 32.9 Å². The molecule has 2 aromatic carbocycles. The molecule has 0 atom stereocenters. The number of hydrogen-bond acceptors (Lipinski definition) is 3. The Morgan fingerprint density at radius 3 is 2.37 bits per heavy atom. The summed E-state index contributed by atoms with van der Waals surface area (Å²) in [6, 6.07) is 23.3. The van der Waals surface area contributed by atoms with E-state index in [9.17, 15) is 4.79 Å². The number of carbonyl (C=O) groups is 1. The Hall–Kier alpha value is -2.43. The van der Waals surface area contributed by atoms with Crippen molar-refractivity contribution in [1.29, 1.82) is 0 Å². The van der Waals surface area contributed by atoms with Gasteiger partial charge in [-0.15, -0.1) is 11.3 Å². The topological polar surface area (TPSA) is 40.5 Å². The van der Waals surface area contributed by atoms with Crippen LogP contribution in [0.25, 0.3) is 0 Å². The Morgan fingerprint density at radius 2 is 1.67 bits per heavy atom. The highest BCUT2D eigenvalue weighted by molar-refractivity contribution is 7.11. The maximum atomic E-state index is 11.0. The molecule has 0 unspecified atom stereocenters. The molecule has 0 radical (unpaired) electrons. The average Bonchev–Trinajstić information content (AvgIpc) is 3.06. The van der Waals surface area contributed by atoms with Crippen LogP contribution < -0.4 is 0 Å². The fourth-order valence-electron chi connectivity index (χ4n) is 3.19. The third-order valence-corrected chi connectivity index (χ3v) is 5.45. The molecular formula is C23H25NO2S. The van der Waals surface area contributed by atoms with E-state index in [4.69, 9.17) is 5.11 Å². The number of carboxylic acid groups (broad SMARTS) is 1.